The van der Waals surface area contributed by atoms with E-state index in [9.17, 15) is 25.9 Å². The van der Waals surface area contributed by atoms with Gasteiger partial charge in [-0.15, -0.1) is 0 Å². The first-order valence-corrected chi connectivity index (χ1v) is 11.8. The molecule has 0 unspecified atom stereocenters. The number of hydrogen-bond acceptors (Lipinski definition) is 6. The zero-order valence-corrected chi connectivity index (χ0v) is 24.5. The molecule has 0 bridgehead atoms. The minimum Gasteiger partial charge on any atom is -0.744 e. The topological polar surface area (TPSA) is 114 Å². The maximum absolute atomic E-state index is 11.4. The van der Waals surface area contributed by atoms with E-state index >= 15 is 0 Å². The number of hydrogen-bond donors (Lipinski definition) is 0. The van der Waals surface area contributed by atoms with Crippen molar-refractivity contribution in [1.82, 2.24) is 0 Å². The first kappa shape index (κ1) is 28.2. The van der Waals surface area contributed by atoms with Crippen LogP contribution in [0.5, 0.6) is 0 Å². The molecule has 3 rings (SSSR count). The van der Waals surface area contributed by atoms with E-state index in [-0.39, 0.29) is 113 Å². The first-order chi connectivity index (χ1) is 12.7. The van der Waals surface area contributed by atoms with Crippen molar-refractivity contribution in [2.45, 2.75) is 9.79 Å². The third-order valence-corrected chi connectivity index (χ3v) is 7.81. The predicted octanol–water partition coefficient (Wildman–Crippen LogP) is -4.74. The van der Waals surface area contributed by atoms with Gasteiger partial charge in [-0.2, -0.15) is 0 Å². The van der Waals surface area contributed by atoms with E-state index in [0.29, 0.717) is 10.6 Å². The molecule has 11 heteroatoms. The van der Waals surface area contributed by atoms with Crippen LogP contribution in [0.4, 0.5) is 0 Å². The Morgan fingerprint density at radius 1 is 0.552 bits per heavy atom. The molecule has 6 nitrogen and oxygen atoms in total. The van der Waals surface area contributed by atoms with Crippen molar-refractivity contribution in [3.05, 3.63) is 78.9 Å². The molecule has 29 heavy (non-hydrogen) atoms. The van der Waals surface area contributed by atoms with Crippen molar-refractivity contribution in [1.29, 1.82) is 0 Å². The summed E-state index contributed by atoms with van der Waals surface area (Å²) in [6.45, 7) is 0. The minimum absolute atomic E-state index is 0. The predicted molar refractivity (Wildman–Crippen MR) is 101 cm³/mol. The van der Waals surface area contributed by atoms with E-state index in [4.69, 9.17) is 0 Å². The van der Waals surface area contributed by atoms with Crippen LogP contribution < -0.4 is 119 Å². The van der Waals surface area contributed by atoms with Gasteiger partial charge in [0.1, 0.15) is 20.2 Å². The molecule has 0 spiro atoms. The van der Waals surface area contributed by atoms with E-state index in [0.717, 1.165) is 5.30 Å². The molecule has 0 aliphatic carbocycles. The summed E-state index contributed by atoms with van der Waals surface area (Å²) in [4.78, 5) is -0.730. The first-order valence-electron chi connectivity index (χ1n) is 7.63. The van der Waals surface area contributed by atoms with Gasteiger partial charge in [0, 0.05) is 0 Å². The summed E-state index contributed by atoms with van der Waals surface area (Å²) in [6.07, 6.45) is 0. The molecular weight excluding hydrogens is 485 g/mol. The second-order valence-corrected chi connectivity index (χ2v) is 10.6. The Bertz CT molecular complexity index is 1110. The summed E-state index contributed by atoms with van der Waals surface area (Å²) in [7, 11) is -10.7. The Labute approximate surface area is 256 Å². The Kier molecular flexibility index (Phi) is 11.6. The largest absolute Gasteiger partial charge is 1.00 e. The van der Waals surface area contributed by atoms with Crippen molar-refractivity contribution in [2.75, 3.05) is 0 Å². The van der Waals surface area contributed by atoms with Gasteiger partial charge in [-0.1, -0.05) is 54.6 Å². The van der Waals surface area contributed by atoms with Gasteiger partial charge in [-0.05, 0) is 48.1 Å². The molecule has 3 aromatic rings. The summed E-state index contributed by atoms with van der Waals surface area (Å²) >= 11 is 0. The average Bonchev–Trinajstić information content (AvgIpc) is 2.62. The second kappa shape index (κ2) is 11.9. The fourth-order valence-electron chi connectivity index (χ4n) is 2.58. The maximum Gasteiger partial charge on any atom is 1.00 e. The minimum atomic E-state index is -4.64. The van der Waals surface area contributed by atoms with Crippen LogP contribution in [0.1, 0.15) is 0 Å². The molecule has 0 saturated heterocycles. The van der Waals surface area contributed by atoms with Crippen LogP contribution in [0.3, 0.4) is 0 Å². The zero-order chi connectivity index (χ0) is 19.7. The van der Waals surface area contributed by atoms with Crippen LogP contribution in [-0.4, -0.2) is 25.9 Å². The Balaban J connectivity index is 0.00000210. The van der Waals surface area contributed by atoms with Crippen molar-refractivity contribution < 1.29 is 129 Å². The molecular formula is C18H13K2O6PS2. The molecule has 0 atom stereocenters. The van der Waals surface area contributed by atoms with E-state index < -0.39 is 28.2 Å². The fraction of sp³-hybridized carbons (Fsp3) is 0. The van der Waals surface area contributed by atoms with Crippen molar-refractivity contribution in [3.8, 4) is 0 Å². The van der Waals surface area contributed by atoms with Gasteiger partial charge in [-0.25, -0.2) is 16.8 Å². The Morgan fingerprint density at radius 2 is 0.931 bits per heavy atom. The van der Waals surface area contributed by atoms with Crippen LogP contribution in [0, 0.1) is 0 Å². The fourth-order valence-corrected chi connectivity index (χ4v) is 6.16. The molecule has 0 amide bonds. The SMILES string of the molecule is O=S(=O)([O-])c1cccc(P(c2ccccc2)c2cccc(S(=O)(=O)[O-])c2)c1.[K+].[K+]. The van der Waals surface area contributed by atoms with E-state index in [1.54, 1.807) is 24.3 Å². The monoisotopic (exact) mass is 498 g/mol. The molecule has 0 aliphatic heterocycles. The number of rotatable bonds is 5. The van der Waals surface area contributed by atoms with Crippen molar-refractivity contribution >= 4 is 44.1 Å². The summed E-state index contributed by atoms with van der Waals surface area (Å²) in [5.74, 6) is 0. The average molecular weight is 499 g/mol. The van der Waals surface area contributed by atoms with Gasteiger partial charge in [0.25, 0.3) is 0 Å². The van der Waals surface area contributed by atoms with E-state index in [1.165, 1.54) is 36.4 Å². The van der Waals surface area contributed by atoms with Crippen molar-refractivity contribution in [2.24, 2.45) is 0 Å². The van der Waals surface area contributed by atoms with Crippen LogP contribution in [0.15, 0.2) is 88.7 Å². The molecule has 140 valence electrons. The second-order valence-electron chi connectivity index (χ2n) is 5.57. The quantitative estimate of drug-likeness (QED) is 0.198. The molecule has 0 radical (unpaired) electrons. The third kappa shape index (κ3) is 7.62. The zero-order valence-electron chi connectivity index (χ0n) is 15.7. The van der Waals surface area contributed by atoms with Crippen molar-refractivity contribution in [3.63, 3.8) is 0 Å². The smallest absolute Gasteiger partial charge is 0.744 e. The molecule has 0 aliphatic rings. The van der Waals surface area contributed by atoms with Gasteiger partial charge >= 0.3 is 103 Å². The summed E-state index contributed by atoms with van der Waals surface area (Å²) < 4.78 is 68.4. The standard InChI is InChI=1S/C18H15O6PS2.2K/c19-26(20,21)17-10-4-8-15(12-17)25(14-6-2-1-3-7-14)16-9-5-11-18(13-16)27(22,23)24;;/h1-13H,(H,19,20,21)(H,22,23,24);;/q;2*+1/p-2. The molecule has 0 heterocycles. The van der Waals surface area contributed by atoms with E-state index in [1.807, 2.05) is 18.2 Å². The summed E-state index contributed by atoms with van der Waals surface area (Å²) in [5, 5.41) is 1.91. The molecule has 0 N–H and O–H groups in total. The van der Waals surface area contributed by atoms with Gasteiger partial charge < -0.3 is 9.11 Å². The van der Waals surface area contributed by atoms with Gasteiger partial charge in [-0.3, -0.25) is 0 Å². The van der Waals surface area contributed by atoms with Crippen LogP contribution in [-0.2, 0) is 20.2 Å². The molecule has 0 saturated carbocycles. The van der Waals surface area contributed by atoms with Gasteiger partial charge in [0.2, 0.25) is 0 Å². The Morgan fingerprint density at radius 3 is 1.31 bits per heavy atom. The summed E-state index contributed by atoms with van der Waals surface area (Å²) in [5.41, 5.74) is 0. The third-order valence-electron chi connectivity index (χ3n) is 3.74. The molecule has 3 aromatic carbocycles. The van der Waals surface area contributed by atoms with Crippen LogP contribution in [0.25, 0.3) is 0 Å². The molecule has 0 fully saturated rings. The summed E-state index contributed by atoms with van der Waals surface area (Å²) in [6, 6.07) is 20.3. The normalized spacial score (nSPS) is 11.4. The van der Waals surface area contributed by atoms with Crippen LogP contribution in [0.2, 0.25) is 0 Å². The van der Waals surface area contributed by atoms with Gasteiger partial charge in [0.15, 0.2) is 0 Å². The van der Waals surface area contributed by atoms with E-state index in [2.05, 4.69) is 0 Å². The maximum atomic E-state index is 11.4. The Hall–Kier alpha value is 1.18. The number of benzene rings is 3. The van der Waals surface area contributed by atoms with Gasteiger partial charge in [0.05, 0.1) is 9.79 Å². The molecule has 0 aromatic heterocycles. The van der Waals surface area contributed by atoms with Crippen LogP contribution >= 0.6 is 7.92 Å².